The van der Waals surface area contributed by atoms with Crippen LogP contribution in [0.3, 0.4) is 0 Å². The molecule has 4 bridgehead atoms. The number of allylic oxidation sites excluding steroid dienone is 2. The highest BCUT2D eigenvalue weighted by Gasteiger charge is 2.65. The van der Waals surface area contributed by atoms with Crippen LogP contribution in [0.4, 0.5) is 0 Å². The van der Waals surface area contributed by atoms with E-state index in [0.717, 1.165) is 36.8 Å². The summed E-state index contributed by atoms with van der Waals surface area (Å²) in [5, 5.41) is 4.11. The normalized spacial score (nSPS) is 46.8. The van der Waals surface area contributed by atoms with Gasteiger partial charge in [0.2, 0.25) is 0 Å². The van der Waals surface area contributed by atoms with Gasteiger partial charge in [-0.2, -0.15) is 0 Å². The molecular weight excluding hydrogens is 328 g/mol. The van der Waals surface area contributed by atoms with E-state index >= 15 is 0 Å². The Morgan fingerprint density at radius 2 is 1.12 bits per heavy atom. The van der Waals surface area contributed by atoms with Gasteiger partial charge in [0.1, 0.15) is 0 Å². The van der Waals surface area contributed by atoms with Gasteiger partial charge < -0.3 is 0 Å². The number of fused-ring (bicyclic) bond motifs is 4. The van der Waals surface area contributed by atoms with Gasteiger partial charge in [0.15, 0.2) is 11.6 Å². The van der Waals surface area contributed by atoms with E-state index in [9.17, 15) is 9.59 Å². The highest BCUT2D eigenvalue weighted by atomic mass is 32.2. The van der Waals surface area contributed by atoms with Crippen LogP contribution in [0.25, 0.3) is 0 Å². The maximum atomic E-state index is 12.9. The predicted molar refractivity (Wildman–Crippen MR) is 103 cm³/mol. The first kappa shape index (κ1) is 17.6. The molecule has 0 aromatic heterocycles. The molecule has 4 aliphatic rings. The van der Waals surface area contributed by atoms with Crippen molar-refractivity contribution < 1.29 is 9.59 Å². The van der Waals surface area contributed by atoms with E-state index in [1.807, 2.05) is 0 Å². The first-order valence-electron chi connectivity index (χ1n) is 9.64. The van der Waals surface area contributed by atoms with Crippen molar-refractivity contribution in [2.45, 2.75) is 67.2 Å². The van der Waals surface area contributed by atoms with Crippen LogP contribution in [-0.4, -0.2) is 11.6 Å². The average Bonchev–Trinajstić information content (AvgIpc) is 3.01. The summed E-state index contributed by atoms with van der Waals surface area (Å²) in [6.07, 6.45) is 4.26. The summed E-state index contributed by atoms with van der Waals surface area (Å²) in [5.74, 6) is 1.43. The van der Waals surface area contributed by atoms with Crippen LogP contribution in [0.1, 0.15) is 67.2 Å². The molecule has 0 aromatic rings. The standard InChI is InChI=1S/C22H30O2S/c1-19(2)15-7-9-21(19,5)17(23)13(15)11-25-12-14-16-8-10-22(6,18(14)24)20(16,3)4/h11-12,15-16H,7-10H2,1-6H3/b13-11-,14-12-. The van der Waals surface area contributed by atoms with Gasteiger partial charge in [-0.05, 0) is 59.2 Å². The van der Waals surface area contributed by atoms with Crippen LogP contribution in [0.5, 0.6) is 0 Å². The Bertz CT molecular complexity index is 679. The minimum Gasteiger partial charge on any atom is -0.294 e. The molecule has 4 fully saturated rings. The fourth-order valence-electron chi connectivity index (χ4n) is 6.31. The number of carbonyl (C=O) groups excluding carboxylic acids is 2. The van der Waals surface area contributed by atoms with E-state index in [-0.39, 0.29) is 21.7 Å². The van der Waals surface area contributed by atoms with Crippen LogP contribution in [0.2, 0.25) is 0 Å². The van der Waals surface area contributed by atoms with Crippen LogP contribution in [-0.2, 0) is 9.59 Å². The number of hydrogen-bond donors (Lipinski definition) is 0. The quantitative estimate of drug-likeness (QED) is 0.608. The molecule has 25 heavy (non-hydrogen) atoms. The average molecular weight is 359 g/mol. The van der Waals surface area contributed by atoms with E-state index in [4.69, 9.17) is 0 Å². The molecule has 0 N–H and O–H groups in total. The summed E-state index contributed by atoms with van der Waals surface area (Å²) in [4.78, 5) is 25.8. The fourth-order valence-corrected chi connectivity index (χ4v) is 7.21. The largest absolute Gasteiger partial charge is 0.294 e. The SMILES string of the molecule is CC12CCC(/C(=C/S/C=C3\C(=O)C4(C)CCC3C4(C)C)C1=O)C2(C)C. The van der Waals surface area contributed by atoms with Crippen LogP contribution < -0.4 is 0 Å². The van der Waals surface area contributed by atoms with Gasteiger partial charge in [0.05, 0.1) is 0 Å². The first-order valence-corrected chi connectivity index (χ1v) is 10.6. The van der Waals surface area contributed by atoms with Crippen molar-refractivity contribution in [2.24, 2.45) is 33.5 Å². The summed E-state index contributed by atoms with van der Waals surface area (Å²) in [5.41, 5.74) is 1.72. The minimum absolute atomic E-state index is 0.0569. The van der Waals surface area contributed by atoms with E-state index in [2.05, 4.69) is 52.4 Å². The number of thioether (sulfide) groups is 1. The van der Waals surface area contributed by atoms with Gasteiger partial charge in [-0.3, -0.25) is 9.59 Å². The smallest absolute Gasteiger partial charge is 0.166 e. The minimum atomic E-state index is -0.199. The third kappa shape index (κ3) is 1.84. The van der Waals surface area contributed by atoms with E-state index in [1.165, 1.54) is 0 Å². The predicted octanol–water partition coefficient (Wildman–Crippen LogP) is 5.54. The van der Waals surface area contributed by atoms with Gasteiger partial charge in [-0.15, -0.1) is 11.8 Å². The Hall–Kier alpha value is -0.830. The Morgan fingerprint density at radius 1 is 0.760 bits per heavy atom. The molecule has 0 amide bonds. The molecule has 0 spiro atoms. The summed E-state index contributed by atoms with van der Waals surface area (Å²) in [7, 11) is 0. The summed E-state index contributed by atoms with van der Waals surface area (Å²) < 4.78 is 0. The van der Waals surface area contributed by atoms with Crippen molar-refractivity contribution in [1.82, 2.24) is 0 Å². The molecule has 4 aliphatic carbocycles. The molecule has 4 atom stereocenters. The van der Waals surface area contributed by atoms with E-state index in [1.54, 1.807) is 11.8 Å². The molecule has 4 unspecified atom stereocenters. The molecule has 0 aromatic carbocycles. The maximum Gasteiger partial charge on any atom is 0.166 e. The summed E-state index contributed by atoms with van der Waals surface area (Å²) >= 11 is 1.57. The fraction of sp³-hybridized carbons (Fsp3) is 0.727. The zero-order chi connectivity index (χ0) is 18.4. The molecule has 0 heterocycles. The van der Waals surface area contributed by atoms with Crippen molar-refractivity contribution in [3.8, 4) is 0 Å². The van der Waals surface area contributed by atoms with Crippen molar-refractivity contribution in [2.75, 3.05) is 0 Å². The third-order valence-electron chi connectivity index (χ3n) is 9.12. The van der Waals surface area contributed by atoms with Gasteiger partial charge in [0.25, 0.3) is 0 Å². The zero-order valence-electron chi connectivity index (χ0n) is 16.4. The van der Waals surface area contributed by atoms with Crippen molar-refractivity contribution >= 4 is 23.3 Å². The molecule has 2 nitrogen and oxygen atoms in total. The Morgan fingerprint density at radius 3 is 1.40 bits per heavy atom. The summed E-state index contributed by atoms with van der Waals surface area (Å²) in [6.45, 7) is 13.3. The molecule has 0 saturated heterocycles. The number of Topliss-reactive ketones (excluding diaryl/α,β-unsaturated/α-hetero) is 2. The lowest BCUT2D eigenvalue weighted by Gasteiger charge is -2.31. The van der Waals surface area contributed by atoms with Gasteiger partial charge in [0, 0.05) is 22.0 Å². The highest BCUT2D eigenvalue weighted by molar-refractivity contribution is 8.05. The third-order valence-corrected chi connectivity index (χ3v) is 9.90. The lowest BCUT2D eigenvalue weighted by Crippen LogP contribution is -2.32. The van der Waals surface area contributed by atoms with Gasteiger partial charge in [-0.25, -0.2) is 0 Å². The second-order valence-corrected chi connectivity index (χ2v) is 11.0. The number of ketones is 2. The molecule has 0 aliphatic heterocycles. The zero-order valence-corrected chi connectivity index (χ0v) is 17.2. The van der Waals surface area contributed by atoms with Crippen molar-refractivity contribution in [1.29, 1.82) is 0 Å². The monoisotopic (exact) mass is 358 g/mol. The van der Waals surface area contributed by atoms with Crippen molar-refractivity contribution in [3.05, 3.63) is 22.0 Å². The molecule has 4 rings (SSSR count). The molecule has 3 heteroatoms. The van der Waals surface area contributed by atoms with Crippen LogP contribution in [0.15, 0.2) is 22.0 Å². The Labute approximate surface area is 155 Å². The van der Waals surface area contributed by atoms with Gasteiger partial charge in [-0.1, -0.05) is 41.5 Å². The van der Waals surface area contributed by atoms with Gasteiger partial charge >= 0.3 is 0 Å². The summed E-state index contributed by atoms with van der Waals surface area (Å²) in [6, 6.07) is 0. The topological polar surface area (TPSA) is 34.1 Å². The van der Waals surface area contributed by atoms with E-state index < -0.39 is 0 Å². The van der Waals surface area contributed by atoms with Crippen LogP contribution in [0, 0.1) is 33.5 Å². The van der Waals surface area contributed by atoms with Crippen molar-refractivity contribution in [3.63, 3.8) is 0 Å². The number of rotatable bonds is 2. The molecule has 136 valence electrons. The first-order chi connectivity index (χ1) is 11.5. The lowest BCUT2D eigenvalue weighted by atomic mass is 9.70. The second-order valence-electron chi connectivity index (χ2n) is 10.2. The molecular formula is C22H30O2S. The van der Waals surface area contributed by atoms with Crippen LogP contribution >= 0.6 is 11.8 Å². The molecule has 4 saturated carbocycles. The highest BCUT2D eigenvalue weighted by Crippen LogP contribution is 2.67. The van der Waals surface area contributed by atoms with E-state index in [0.29, 0.717) is 23.4 Å². The lowest BCUT2D eigenvalue weighted by molar-refractivity contribution is -0.126. The maximum absolute atomic E-state index is 12.9. The number of hydrogen-bond acceptors (Lipinski definition) is 3. The number of carbonyl (C=O) groups is 2. The Kier molecular flexibility index (Phi) is 3.45. The molecule has 0 radical (unpaired) electrons. The Balaban J connectivity index is 1.60. The second kappa shape index (κ2) is 4.91.